The van der Waals surface area contributed by atoms with Crippen LogP contribution in [0.2, 0.25) is 15.1 Å². The Morgan fingerprint density at radius 2 is 1.83 bits per heavy atom. The molecular formula is C22H24Cl3FN2O2. The van der Waals surface area contributed by atoms with Crippen molar-refractivity contribution in [2.24, 2.45) is 0 Å². The quantitative estimate of drug-likeness (QED) is 0.511. The number of rotatable bonds is 9. The van der Waals surface area contributed by atoms with Gasteiger partial charge in [0.15, 0.2) is 0 Å². The number of nitrogens with zero attached hydrogens (tertiary/aromatic N) is 1. The highest BCUT2D eigenvalue weighted by molar-refractivity contribution is 6.35. The fraction of sp³-hybridized carbons (Fsp3) is 0.364. The third kappa shape index (κ3) is 6.34. The molecule has 8 heteroatoms. The van der Waals surface area contributed by atoms with Gasteiger partial charge < -0.3 is 10.2 Å². The Morgan fingerprint density at radius 1 is 1.10 bits per heavy atom. The van der Waals surface area contributed by atoms with E-state index in [4.69, 9.17) is 34.8 Å². The minimum absolute atomic E-state index is 0.0823. The molecule has 0 aromatic heterocycles. The van der Waals surface area contributed by atoms with Gasteiger partial charge in [-0.05, 0) is 42.7 Å². The average molecular weight is 474 g/mol. The topological polar surface area (TPSA) is 49.4 Å². The van der Waals surface area contributed by atoms with Crippen molar-refractivity contribution >= 4 is 46.6 Å². The van der Waals surface area contributed by atoms with E-state index in [9.17, 15) is 14.0 Å². The average Bonchev–Trinajstić information content (AvgIpc) is 2.70. The van der Waals surface area contributed by atoms with E-state index in [0.717, 1.165) is 6.42 Å². The fourth-order valence-electron chi connectivity index (χ4n) is 3.07. The van der Waals surface area contributed by atoms with Gasteiger partial charge in [-0.2, -0.15) is 0 Å². The van der Waals surface area contributed by atoms with Crippen molar-refractivity contribution in [2.75, 3.05) is 6.54 Å². The lowest BCUT2D eigenvalue weighted by Gasteiger charge is -2.31. The minimum atomic E-state index is -0.735. The van der Waals surface area contributed by atoms with Crippen molar-refractivity contribution < 1.29 is 14.0 Å². The Labute approximate surface area is 191 Å². The molecule has 0 saturated heterocycles. The largest absolute Gasteiger partial charge is 0.354 e. The molecule has 2 aromatic carbocycles. The van der Waals surface area contributed by atoms with Gasteiger partial charge in [0.05, 0.1) is 6.42 Å². The first-order chi connectivity index (χ1) is 14.3. The zero-order chi connectivity index (χ0) is 22.3. The summed E-state index contributed by atoms with van der Waals surface area (Å²) in [5, 5.41) is 3.84. The Bertz CT molecular complexity index is 888. The fourth-order valence-corrected chi connectivity index (χ4v) is 3.77. The van der Waals surface area contributed by atoms with Crippen LogP contribution in [-0.4, -0.2) is 29.3 Å². The highest BCUT2D eigenvalue weighted by Crippen LogP contribution is 2.25. The number of nitrogens with one attached hydrogen (secondary N) is 1. The van der Waals surface area contributed by atoms with Gasteiger partial charge in [-0.15, -0.1) is 0 Å². The summed E-state index contributed by atoms with van der Waals surface area (Å²) in [6.45, 7) is 4.34. The van der Waals surface area contributed by atoms with Gasteiger partial charge in [0.2, 0.25) is 11.8 Å². The standard InChI is InChI=1S/C22H24Cl3FN2O2/c1-3-10-27-22(30)20(4-2)28(13-14-8-9-15(23)11-18(14)25)21(29)12-16-17(24)6-5-7-19(16)26/h5-9,11,20H,3-4,10,12-13H2,1-2H3,(H,27,30)/t20-/m0/s1. The smallest absolute Gasteiger partial charge is 0.242 e. The number of carbonyl (C=O) groups is 2. The molecule has 2 rings (SSSR count). The SMILES string of the molecule is CCCNC(=O)[C@H](CC)N(Cc1ccc(Cl)cc1Cl)C(=O)Cc1c(F)cccc1Cl. The first-order valence-electron chi connectivity index (χ1n) is 9.72. The van der Waals surface area contributed by atoms with E-state index in [0.29, 0.717) is 28.6 Å². The van der Waals surface area contributed by atoms with Crippen LogP contribution in [0.1, 0.15) is 37.8 Å². The van der Waals surface area contributed by atoms with E-state index in [2.05, 4.69) is 5.32 Å². The summed E-state index contributed by atoms with van der Waals surface area (Å²) in [4.78, 5) is 27.4. The van der Waals surface area contributed by atoms with Gasteiger partial charge in [-0.3, -0.25) is 9.59 Å². The van der Waals surface area contributed by atoms with Gasteiger partial charge in [0.1, 0.15) is 11.9 Å². The molecule has 30 heavy (non-hydrogen) atoms. The summed E-state index contributed by atoms with van der Waals surface area (Å²) in [6, 6.07) is 8.46. The normalized spacial score (nSPS) is 11.8. The molecule has 0 aliphatic heterocycles. The number of hydrogen-bond donors (Lipinski definition) is 1. The molecule has 2 amide bonds. The number of carbonyl (C=O) groups excluding carboxylic acids is 2. The third-order valence-electron chi connectivity index (χ3n) is 4.68. The third-order valence-corrected chi connectivity index (χ3v) is 5.62. The zero-order valence-electron chi connectivity index (χ0n) is 16.9. The highest BCUT2D eigenvalue weighted by atomic mass is 35.5. The first kappa shape index (κ1) is 24.4. The molecule has 0 aliphatic rings. The first-order valence-corrected chi connectivity index (χ1v) is 10.9. The van der Waals surface area contributed by atoms with E-state index in [-0.39, 0.29) is 29.5 Å². The summed E-state index contributed by atoms with van der Waals surface area (Å²) < 4.78 is 14.2. The molecule has 0 radical (unpaired) electrons. The summed E-state index contributed by atoms with van der Waals surface area (Å²) in [5.74, 6) is -1.26. The van der Waals surface area contributed by atoms with Crippen LogP contribution in [0.25, 0.3) is 0 Å². The van der Waals surface area contributed by atoms with Crippen molar-refractivity contribution in [2.45, 2.75) is 45.7 Å². The molecular weight excluding hydrogens is 450 g/mol. The van der Waals surface area contributed by atoms with Crippen molar-refractivity contribution in [1.29, 1.82) is 0 Å². The van der Waals surface area contributed by atoms with Gasteiger partial charge in [0, 0.05) is 33.7 Å². The zero-order valence-corrected chi connectivity index (χ0v) is 19.1. The molecule has 4 nitrogen and oxygen atoms in total. The van der Waals surface area contributed by atoms with Crippen LogP contribution >= 0.6 is 34.8 Å². The Hall–Kier alpha value is -1.82. The molecule has 162 valence electrons. The second-order valence-corrected chi connectivity index (χ2v) is 8.10. The van der Waals surface area contributed by atoms with Crippen LogP contribution in [0.3, 0.4) is 0 Å². The molecule has 2 aromatic rings. The summed E-state index contributed by atoms with van der Waals surface area (Å²) in [7, 11) is 0. The molecule has 1 N–H and O–H groups in total. The molecule has 0 spiro atoms. The van der Waals surface area contributed by atoms with Crippen LogP contribution < -0.4 is 5.32 Å². The predicted molar refractivity (Wildman–Crippen MR) is 120 cm³/mol. The van der Waals surface area contributed by atoms with Gasteiger partial charge in [0.25, 0.3) is 0 Å². The maximum atomic E-state index is 14.2. The highest BCUT2D eigenvalue weighted by Gasteiger charge is 2.29. The maximum Gasteiger partial charge on any atom is 0.242 e. The summed E-state index contributed by atoms with van der Waals surface area (Å²) in [6.07, 6.45) is 0.885. The van der Waals surface area contributed by atoms with Gasteiger partial charge in [-0.1, -0.05) is 60.8 Å². The lowest BCUT2D eigenvalue weighted by molar-refractivity contribution is -0.141. The lowest BCUT2D eigenvalue weighted by Crippen LogP contribution is -2.49. The molecule has 0 bridgehead atoms. The van der Waals surface area contributed by atoms with Crippen LogP contribution in [0.5, 0.6) is 0 Å². The van der Waals surface area contributed by atoms with E-state index >= 15 is 0 Å². The van der Waals surface area contributed by atoms with Crippen molar-refractivity contribution in [1.82, 2.24) is 10.2 Å². The van der Waals surface area contributed by atoms with E-state index < -0.39 is 17.8 Å². The second-order valence-electron chi connectivity index (χ2n) is 6.85. The van der Waals surface area contributed by atoms with Crippen molar-refractivity contribution in [3.05, 3.63) is 68.4 Å². The number of hydrogen-bond acceptors (Lipinski definition) is 2. The Morgan fingerprint density at radius 3 is 2.43 bits per heavy atom. The summed E-state index contributed by atoms with van der Waals surface area (Å²) >= 11 is 18.4. The Balaban J connectivity index is 2.38. The van der Waals surface area contributed by atoms with Crippen molar-refractivity contribution in [3.8, 4) is 0 Å². The second kappa shape index (κ2) is 11.5. The molecule has 0 aliphatic carbocycles. The molecule has 0 unspecified atom stereocenters. The van der Waals surface area contributed by atoms with Crippen molar-refractivity contribution in [3.63, 3.8) is 0 Å². The maximum absolute atomic E-state index is 14.2. The van der Waals surface area contributed by atoms with E-state index in [1.165, 1.54) is 23.1 Å². The number of amides is 2. The molecule has 0 saturated carbocycles. The number of benzene rings is 2. The van der Waals surface area contributed by atoms with E-state index in [1.54, 1.807) is 18.2 Å². The van der Waals surface area contributed by atoms with Crippen LogP contribution in [0, 0.1) is 5.82 Å². The van der Waals surface area contributed by atoms with Crippen LogP contribution in [-0.2, 0) is 22.6 Å². The molecule has 0 fully saturated rings. The number of halogens is 4. The van der Waals surface area contributed by atoms with Gasteiger partial charge in [-0.25, -0.2) is 4.39 Å². The van der Waals surface area contributed by atoms with Gasteiger partial charge >= 0.3 is 0 Å². The monoisotopic (exact) mass is 472 g/mol. The van der Waals surface area contributed by atoms with Crippen LogP contribution in [0.4, 0.5) is 4.39 Å². The van der Waals surface area contributed by atoms with E-state index in [1.807, 2.05) is 13.8 Å². The molecule has 0 heterocycles. The Kier molecular flexibility index (Phi) is 9.40. The lowest BCUT2D eigenvalue weighted by atomic mass is 10.1. The molecule has 1 atom stereocenters. The van der Waals surface area contributed by atoms with Crippen LogP contribution in [0.15, 0.2) is 36.4 Å². The predicted octanol–water partition coefficient (Wildman–Crippen LogP) is 5.66. The minimum Gasteiger partial charge on any atom is -0.354 e. The summed E-state index contributed by atoms with van der Waals surface area (Å²) in [5.41, 5.74) is 0.732.